The first-order valence-electron chi connectivity index (χ1n) is 7.88. The topological polar surface area (TPSA) is 46.9 Å². The Labute approximate surface area is 156 Å². The maximum atomic E-state index is 12.6. The van der Waals surface area contributed by atoms with Gasteiger partial charge in [0.15, 0.2) is 0 Å². The van der Waals surface area contributed by atoms with E-state index in [1.54, 1.807) is 22.6 Å². The van der Waals surface area contributed by atoms with Gasteiger partial charge in [-0.3, -0.25) is 9.48 Å². The average Bonchev–Trinajstić information content (AvgIpc) is 3.04. The molecule has 6 heteroatoms. The number of aryl methyl sites for hydroxylation is 1. The molecule has 1 amide bonds. The van der Waals surface area contributed by atoms with E-state index in [1.807, 2.05) is 68.4 Å². The normalized spacial score (nSPS) is 12.0. The smallest absolute Gasteiger partial charge is 0.248 e. The molecule has 1 N–H and O–H groups in total. The quantitative estimate of drug-likeness (QED) is 0.670. The van der Waals surface area contributed by atoms with E-state index < -0.39 is 0 Å². The van der Waals surface area contributed by atoms with Crippen molar-refractivity contribution in [1.82, 2.24) is 9.78 Å². The van der Waals surface area contributed by atoms with E-state index in [0.717, 1.165) is 21.2 Å². The van der Waals surface area contributed by atoms with Gasteiger partial charge in [-0.15, -0.1) is 0 Å². The minimum Gasteiger partial charge on any atom is -0.323 e. The van der Waals surface area contributed by atoms with Crippen molar-refractivity contribution < 1.29 is 4.79 Å². The van der Waals surface area contributed by atoms with Crippen molar-refractivity contribution >= 4 is 35.0 Å². The van der Waals surface area contributed by atoms with E-state index in [1.165, 1.54) is 0 Å². The summed E-state index contributed by atoms with van der Waals surface area (Å²) in [4.78, 5) is 14.6. The van der Waals surface area contributed by atoms with Crippen LogP contribution in [0.3, 0.4) is 0 Å². The summed E-state index contributed by atoms with van der Waals surface area (Å²) in [6.45, 7) is 3.77. The third-order valence-electron chi connectivity index (χ3n) is 3.80. The average molecular weight is 372 g/mol. The van der Waals surface area contributed by atoms with Crippen LogP contribution in [0, 0.1) is 6.92 Å². The van der Waals surface area contributed by atoms with Crippen LogP contribution in [-0.4, -0.2) is 15.7 Å². The maximum absolute atomic E-state index is 12.6. The highest BCUT2D eigenvalue weighted by Gasteiger charge is 2.18. The minimum atomic E-state index is -0.386. The van der Waals surface area contributed by atoms with Crippen molar-refractivity contribution in [2.45, 2.75) is 29.7 Å². The number of para-hydroxylation sites is 1. The molecule has 2 aromatic carbocycles. The fraction of sp³-hybridized carbons (Fsp3) is 0.158. The van der Waals surface area contributed by atoms with Crippen molar-refractivity contribution in [3.05, 3.63) is 71.5 Å². The van der Waals surface area contributed by atoms with E-state index >= 15 is 0 Å². The molecule has 1 atom stereocenters. The predicted molar refractivity (Wildman–Crippen MR) is 102 cm³/mol. The van der Waals surface area contributed by atoms with Crippen LogP contribution in [-0.2, 0) is 4.79 Å². The monoisotopic (exact) mass is 371 g/mol. The molecule has 0 aliphatic heterocycles. The van der Waals surface area contributed by atoms with Crippen molar-refractivity contribution in [2.75, 3.05) is 5.32 Å². The molecule has 0 saturated heterocycles. The van der Waals surface area contributed by atoms with Crippen LogP contribution in [0.5, 0.6) is 0 Å². The number of hydrogen-bond acceptors (Lipinski definition) is 3. The second-order valence-electron chi connectivity index (χ2n) is 5.63. The predicted octanol–water partition coefficient (Wildman–Crippen LogP) is 5.20. The molecule has 3 rings (SSSR count). The van der Waals surface area contributed by atoms with Crippen LogP contribution in [0.25, 0.3) is 0 Å². The van der Waals surface area contributed by atoms with Gasteiger partial charge in [0.2, 0.25) is 5.91 Å². The van der Waals surface area contributed by atoms with Gasteiger partial charge in [-0.1, -0.05) is 35.5 Å². The van der Waals surface area contributed by atoms with Gasteiger partial charge in [0.25, 0.3) is 0 Å². The van der Waals surface area contributed by atoms with Crippen LogP contribution in [0.15, 0.2) is 70.6 Å². The van der Waals surface area contributed by atoms with Gasteiger partial charge in [-0.2, -0.15) is 5.10 Å². The molecule has 0 spiro atoms. The molecule has 0 bridgehead atoms. The number of nitrogens with zero attached hydrogens (tertiary/aromatic N) is 2. The molecule has 0 aliphatic carbocycles. The van der Waals surface area contributed by atoms with Gasteiger partial charge in [0.05, 0.1) is 5.69 Å². The number of benzene rings is 2. The van der Waals surface area contributed by atoms with Gasteiger partial charge in [-0.25, -0.2) is 0 Å². The first-order valence-corrected chi connectivity index (χ1v) is 9.07. The lowest BCUT2D eigenvalue weighted by molar-refractivity contribution is -0.119. The van der Waals surface area contributed by atoms with Gasteiger partial charge in [0, 0.05) is 26.7 Å². The van der Waals surface area contributed by atoms with Crippen molar-refractivity contribution in [3.8, 4) is 0 Å². The number of aromatic nitrogens is 2. The Morgan fingerprint density at radius 1 is 1.16 bits per heavy atom. The Morgan fingerprint density at radius 2 is 1.88 bits per heavy atom. The van der Waals surface area contributed by atoms with Gasteiger partial charge in [-0.05, 0) is 56.3 Å². The van der Waals surface area contributed by atoms with Crippen LogP contribution >= 0.6 is 23.4 Å². The summed E-state index contributed by atoms with van der Waals surface area (Å²) in [6.07, 6.45) is 1.70. The Bertz CT molecular complexity index is 876. The molecule has 0 saturated carbocycles. The van der Waals surface area contributed by atoms with E-state index in [-0.39, 0.29) is 11.9 Å². The lowest BCUT2D eigenvalue weighted by atomic mass is 10.2. The number of carbonyl (C=O) groups is 1. The summed E-state index contributed by atoms with van der Waals surface area (Å²) in [5.41, 5.74) is 1.73. The highest BCUT2D eigenvalue weighted by molar-refractivity contribution is 7.99. The largest absolute Gasteiger partial charge is 0.323 e. The highest BCUT2D eigenvalue weighted by Crippen LogP contribution is 2.34. The number of hydrogen-bond donors (Lipinski definition) is 1. The lowest BCUT2D eigenvalue weighted by Gasteiger charge is -2.16. The van der Waals surface area contributed by atoms with E-state index in [0.29, 0.717) is 5.02 Å². The third-order valence-corrected chi connectivity index (χ3v) is 5.14. The molecule has 0 radical (unpaired) electrons. The number of halogens is 1. The molecule has 4 nitrogen and oxygen atoms in total. The first kappa shape index (κ1) is 17.6. The molecule has 0 fully saturated rings. The Kier molecular flexibility index (Phi) is 5.46. The molecule has 3 aromatic rings. The summed E-state index contributed by atoms with van der Waals surface area (Å²) >= 11 is 7.52. The Balaban J connectivity index is 1.77. The SMILES string of the molecule is Cc1ccnn1C(C)C(=O)Nc1ccccc1Sc1ccc(Cl)cc1. The zero-order valence-electron chi connectivity index (χ0n) is 13.9. The third kappa shape index (κ3) is 4.24. The van der Waals surface area contributed by atoms with E-state index in [9.17, 15) is 4.79 Å². The van der Waals surface area contributed by atoms with Crippen LogP contribution in [0.2, 0.25) is 5.02 Å². The van der Waals surface area contributed by atoms with Crippen molar-refractivity contribution in [2.24, 2.45) is 0 Å². The number of rotatable bonds is 5. The molecule has 1 unspecified atom stereocenters. The second-order valence-corrected chi connectivity index (χ2v) is 7.19. The molecule has 25 heavy (non-hydrogen) atoms. The van der Waals surface area contributed by atoms with Gasteiger partial charge >= 0.3 is 0 Å². The van der Waals surface area contributed by atoms with Crippen LogP contribution in [0.1, 0.15) is 18.7 Å². The fourth-order valence-electron chi connectivity index (χ4n) is 2.42. The van der Waals surface area contributed by atoms with Crippen molar-refractivity contribution in [1.29, 1.82) is 0 Å². The summed E-state index contributed by atoms with van der Waals surface area (Å²) in [7, 11) is 0. The summed E-state index contributed by atoms with van der Waals surface area (Å²) < 4.78 is 1.71. The molecule has 128 valence electrons. The minimum absolute atomic E-state index is 0.101. The number of carbonyl (C=O) groups excluding carboxylic acids is 1. The molecular formula is C19H18ClN3OS. The number of nitrogens with one attached hydrogen (secondary N) is 1. The van der Waals surface area contributed by atoms with Crippen LogP contribution in [0.4, 0.5) is 5.69 Å². The van der Waals surface area contributed by atoms with Gasteiger partial charge < -0.3 is 5.32 Å². The fourth-order valence-corrected chi connectivity index (χ4v) is 3.45. The zero-order valence-corrected chi connectivity index (χ0v) is 15.5. The maximum Gasteiger partial charge on any atom is 0.248 e. The standard InChI is InChI=1S/C19H18ClN3OS/c1-13-11-12-21-23(13)14(2)19(24)22-17-5-3-4-6-18(17)25-16-9-7-15(20)8-10-16/h3-12,14H,1-2H3,(H,22,24). The second kappa shape index (κ2) is 7.76. The molecule has 1 heterocycles. The molecule has 0 aliphatic rings. The summed E-state index contributed by atoms with van der Waals surface area (Å²) in [5.74, 6) is -0.101. The lowest BCUT2D eigenvalue weighted by Crippen LogP contribution is -2.25. The van der Waals surface area contributed by atoms with Crippen molar-refractivity contribution in [3.63, 3.8) is 0 Å². The number of amides is 1. The van der Waals surface area contributed by atoms with E-state index in [4.69, 9.17) is 11.6 Å². The van der Waals surface area contributed by atoms with Gasteiger partial charge in [0.1, 0.15) is 6.04 Å². The van der Waals surface area contributed by atoms with E-state index in [2.05, 4.69) is 10.4 Å². The molecular weight excluding hydrogens is 354 g/mol. The molecule has 1 aromatic heterocycles. The summed E-state index contributed by atoms with van der Waals surface area (Å²) in [6, 6.07) is 16.9. The van der Waals surface area contributed by atoms with Crippen LogP contribution < -0.4 is 5.32 Å². The Hall–Kier alpha value is -2.24. The summed E-state index contributed by atoms with van der Waals surface area (Å²) in [5, 5.41) is 7.93. The Morgan fingerprint density at radius 3 is 2.56 bits per heavy atom. The highest BCUT2D eigenvalue weighted by atomic mass is 35.5. The first-order chi connectivity index (χ1) is 12.0. The zero-order chi connectivity index (χ0) is 17.8. The number of anilines is 1.